The van der Waals surface area contributed by atoms with E-state index < -0.39 is 12.8 Å². The number of methoxy groups -OCH3 is 2. The summed E-state index contributed by atoms with van der Waals surface area (Å²) in [5.74, 6) is 1.17. The summed E-state index contributed by atoms with van der Waals surface area (Å²) in [6.45, 7) is 2.61. The molecule has 0 unspecified atom stereocenters. The normalized spacial score (nSPS) is 14.7. The van der Waals surface area contributed by atoms with E-state index in [0.717, 1.165) is 37.4 Å². The van der Waals surface area contributed by atoms with Gasteiger partial charge in [-0.15, -0.1) is 0 Å². The van der Waals surface area contributed by atoms with E-state index in [1.165, 1.54) is 18.7 Å². The highest BCUT2D eigenvalue weighted by Crippen LogP contribution is 2.30. The number of nitrogens with zero attached hydrogens (tertiary/aromatic N) is 2. The number of hydrogen-bond donors (Lipinski definition) is 0. The highest BCUT2D eigenvalue weighted by atomic mass is 19.4. The third-order valence-corrected chi connectivity index (χ3v) is 5.85. The lowest BCUT2D eigenvalue weighted by Gasteiger charge is -2.34. The first-order valence-electron chi connectivity index (χ1n) is 11.3. The van der Waals surface area contributed by atoms with Crippen LogP contribution in [0.25, 0.3) is 0 Å². The minimum absolute atomic E-state index is 0.0284. The molecule has 1 saturated heterocycles. The Hall–Kier alpha value is -2.94. The van der Waals surface area contributed by atoms with Gasteiger partial charge in [-0.3, -0.25) is 9.69 Å². The molecule has 1 heterocycles. The Bertz CT molecular complexity index is 927. The molecule has 34 heavy (non-hydrogen) atoms. The Labute approximate surface area is 198 Å². The first kappa shape index (κ1) is 25.7. The minimum Gasteiger partial charge on any atom is -0.497 e. The Kier molecular flexibility index (Phi) is 9.04. The van der Waals surface area contributed by atoms with Gasteiger partial charge >= 0.3 is 6.18 Å². The Morgan fingerprint density at radius 2 is 1.56 bits per heavy atom. The quantitative estimate of drug-likeness (QED) is 0.515. The van der Waals surface area contributed by atoms with E-state index in [-0.39, 0.29) is 17.4 Å². The Morgan fingerprint density at radius 3 is 2.18 bits per heavy atom. The van der Waals surface area contributed by atoms with Gasteiger partial charge in [0, 0.05) is 39.1 Å². The van der Waals surface area contributed by atoms with Gasteiger partial charge in [0.2, 0.25) is 5.91 Å². The summed E-state index contributed by atoms with van der Waals surface area (Å²) in [5.41, 5.74) is 2.06. The van der Waals surface area contributed by atoms with Crippen molar-refractivity contribution in [2.24, 2.45) is 0 Å². The Balaban J connectivity index is 1.41. The smallest absolute Gasteiger partial charge is 0.422 e. The molecule has 1 amide bonds. The number of carbonyl (C=O) groups excluding carboxylic acids is 1. The number of halogens is 3. The lowest BCUT2D eigenvalue weighted by molar-refractivity contribution is -0.153. The van der Waals surface area contributed by atoms with Crippen molar-refractivity contribution in [3.05, 3.63) is 53.6 Å². The van der Waals surface area contributed by atoms with E-state index >= 15 is 0 Å². The van der Waals surface area contributed by atoms with Crippen LogP contribution < -0.4 is 14.2 Å². The van der Waals surface area contributed by atoms with Crippen molar-refractivity contribution in [1.82, 2.24) is 9.80 Å². The van der Waals surface area contributed by atoms with Gasteiger partial charge in [0.1, 0.15) is 5.75 Å². The van der Waals surface area contributed by atoms with Gasteiger partial charge in [-0.1, -0.05) is 18.2 Å². The molecule has 0 radical (unpaired) electrons. The summed E-state index contributed by atoms with van der Waals surface area (Å²) < 4.78 is 52.3. The predicted molar refractivity (Wildman–Crippen MR) is 123 cm³/mol. The van der Waals surface area contributed by atoms with Crippen molar-refractivity contribution in [2.75, 3.05) is 53.6 Å². The van der Waals surface area contributed by atoms with Gasteiger partial charge in [0.05, 0.1) is 14.2 Å². The largest absolute Gasteiger partial charge is 0.497 e. The molecular formula is C25H31F3N2O4. The van der Waals surface area contributed by atoms with E-state index in [0.29, 0.717) is 25.9 Å². The second-order valence-electron chi connectivity index (χ2n) is 8.21. The number of carbonyl (C=O) groups is 1. The van der Waals surface area contributed by atoms with E-state index in [1.807, 2.05) is 17.0 Å². The summed E-state index contributed by atoms with van der Waals surface area (Å²) in [7, 11) is 3.03. The number of hydrogen-bond acceptors (Lipinski definition) is 5. The molecule has 1 aliphatic heterocycles. The number of alkyl halides is 3. The van der Waals surface area contributed by atoms with Crippen LogP contribution in [-0.2, 0) is 17.6 Å². The summed E-state index contributed by atoms with van der Waals surface area (Å²) in [4.78, 5) is 16.9. The van der Waals surface area contributed by atoms with Crippen LogP contribution in [0.3, 0.4) is 0 Å². The summed E-state index contributed by atoms with van der Waals surface area (Å²) in [6.07, 6.45) is -2.66. The molecule has 3 rings (SSSR count). The molecule has 0 N–H and O–H groups in total. The standard InChI is InChI=1S/C25H31F3N2O4/c1-32-21-7-3-19(4-8-21)11-12-29-13-15-30(16-14-29)24(31)10-6-20-5-9-22(23(17-20)33-2)34-18-25(26,27)28/h3-5,7-9,17H,6,10-16,18H2,1-2H3. The molecular weight excluding hydrogens is 449 g/mol. The summed E-state index contributed by atoms with van der Waals surface area (Å²) >= 11 is 0. The third kappa shape index (κ3) is 7.83. The number of amides is 1. The van der Waals surface area contributed by atoms with Crippen LogP contribution >= 0.6 is 0 Å². The van der Waals surface area contributed by atoms with E-state index in [9.17, 15) is 18.0 Å². The zero-order valence-electron chi connectivity index (χ0n) is 19.6. The zero-order valence-corrected chi connectivity index (χ0v) is 19.6. The van der Waals surface area contributed by atoms with Crippen LogP contribution in [0.4, 0.5) is 13.2 Å². The number of ether oxygens (including phenoxy) is 3. The molecule has 9 heteroatoms. The maximum Gasteiger partial charge on any atom is 0.422 e. The van der Waals surface area contributed by atoms with Gasteiger partial charge < -0.3 is 19.1 Å². The number of aryl methyl sites for hydroxylation is 1. The monoisotopic (exact) mass is 480 g/mol. The van der Waals surface area contributed by atoms with Crippen molar-refractivity contribution in [2.45, 2.75) is 25.4 Å². The molecule has 0 aromatic heterocycles. The molecule has 2 aromatic rings. The van der Waals surface area contributed by atoms with Crippen LogP contribution in [0.2, 0.25) is 0 Å². The topological polar surface area (TPSA) is 51.2 Å². The second-order valence-corrected chi connectivity index (χ2v) is 8.21. The van der Waals surface area contributed by atoms with Crippen LogP contribution in [-0.4, -0.2) is 75.4 Å². The average Bonchev–Trinajstić information content (AvgIpc) is 2.85. The summed E-state index contributed by atoms with van der Waals surface area (Å²) in [5, 5.41) is 0. The lowest BCUT2D eigenvalue weighted by Crippen LogP contribution is -2.49. The van der Waals surface area contributed by atoms with Crippen LogP contribution in [0.1, 0.15) is 17.5 Å². The molecule has 0 bridgehead atoms. The molecule has 186 valence electrons. The third-order valence-electron chi connectivity index (χ3n) is 5.85. The van der Waals surface area contributed by atoms with Crippen molar-refractivity contribution in [3.8, 4) is 17.2 Å². The molecule has 0 spiro atoms. The molecule has 0 saturated carbocycles. The highest BCUT2D eigenvalue weighted by molar-refractivity contribution is 5.76. The molecule has 2 aromatic carbocycles. The Morgan fingerprint density at radius 1 is 0.882 bits per heavy atom. The van der Waals surface area contributed by atoms with Gasteiger partial charge in [-0.05, 0) is 48.2 Å². The fourth-order valence-electron chi connectivity index (χ4n) is 3.86. The zero-order chi connectivity index (χ0) is 24.6. The second kappa shape index (κ2) is 12.0. The maximum atomic E-state index is 12.7. The lowest BCUT2D eigenvalue weighted by atomic mass is 10.1. The van der Waals surface area contributed by atoms with Gasteiger partial charge in [-0.25, -0.2) is 0 Å². The molecule has 1 fully saturated rings. The number of benzene rings is 2. The van der Waals surface area contributed by atoms with Crippen LogP contribution in [0.5, 0.6) is 17.2 Å². The SMILES string of the molecule is COc1ccc(CCN2CCN(C(=O)CCc3ccc(OCC(F)(F)F)c(OC)c3)CC2)cc1. The fraction of sp³-hybridized carbons (Fsp3) is 0.480. The van der Waals surface area contributed by atoms with Gasteiger partial charge in [0.25, 0.3) is 0 Å². The minimum atomic E-state index is -4.42. The molecule has 0 atom stereocenters. The predicted octanol–water partition coefficient (Wildman–Crippen LogP) is 3.96. The first-order valence-corrected chi connectivity index (χ1v) is 11.3. The van der Waals surface area contributed by atoms with Gasteiger partial charge in [-0.2, -0.15) is 13.2 Å². The van der Waals surface area contributed by atoms with E-state index in [1.54, 1.807) is 19.2 Å². The van der Waals surface area contributed by atoms with Crippen molar-refractivity contribution in [3.63, 3.8) is 0 Å². The molecule has 6 nitrogen and oxygen atoms in total. The van der Waals surface area contributed by atoms with E-state index in [2.05, 4.69) is 17.0 Å². The summed E-state index contributed by atoms with van der Waals surface area (Å²) in [6, 6.07) is 12.8. The van der Waals surface area contributed by atoms with Crippen LogP contribution in [0, 0.1) is 0 Å². The number of rotatable bonds is 10. The van der Waals surface area contributed by atoms with E-state index in [4.69, 9.17) is 14.2 Å². The first-order chi connectivity index (χ1) is 16.3. The highest BCUT2D eigenvalue weighted by Gasteiger charge is 2.29. The van der Waals surface area contributed by atoms with Crippen molar-refractivity contribution in [1.29, 1.82) is 0 Å². The van der Waals surface area contributed by atoms with Crippen molar-refractivity contribution >= 4 is 5.91 Å². The fourth-order valence-corrected chi connectivity index (χ4v) is 3.86. The number of piperazine rings is 1. The average molecular weight is 481 g/mol. The van der Waals surface area contributed by atoms with Crippen molar-refractivity contribution < 1.29 is 32.2 Å². The molecule has 1 aliphatic rings. The van der Waals surface area contributed by atoms with Gasteiger partial charge in [0.15, 0.2) is 18.1 Å². The van der Waals surface area contributed by atoms with Crippen LogP contribution in [0.15, 0.2) is 42.5 Å². The molecule has 0 aliphatic carbocycles. The maximum absolute atomic E-state index is 12.7.